The number of imide groups is 1. The number of carbonyl (C=O) groups excluding carboxylic acids is 4. The Morgan fingerprint density at radius 3 is 2.27 bits per heavy atom. The van der Waals surface area contributed by atoms with E-state index in [0.29, 0.717) is 37.9 Å². The molecule has 0 saturated carbocycles. The molecule has 162 valence electrons. The third kappa shape index (κ3) is 3.91. The lowest BCUT2D eigenvalue weighted by atomic mass is 9.87. The van der Waals surface area contributed by atoms with E-state index in [9.17, 15) is 19.2 Å². The van der Waals surface area contributed by atoms with Crippen LogP contribution in [0.3, 0.4) is 0 Å². The predicted molar refractivity (Wildman–Crippen MR) is 111 cm³/mol. The Morgan fingerprint density at radius 2 is 1.73 bits per heavy atom. The van der Waals surface area contributed by atoms with Crippen molar-refractivity contribution in [3.8, 4) is 0 Å². The largest absolute Gasteiger partial charge is 0.344 e. The third-order valence-corrected chi connectivity index (χ3v) is 5.91. The first-order chi connectivity index (χ1) is 14.1. The number of amides is 5. The number of hydrogen-bond acceptors (Lipinski definition) is 4. The van der Waals surface area contributed by atoms with Crippen LogP contribution in [-0.4, -0.2) is 46.8 Å². The van der Waals surface area contributed by atoms with E-state index in [4.69, 9.17) is 0 Å². The number of rotatable bonds is 4. The van der Waals surface area contributed by atoms with Crippen molar-refractivity contribution in [1.82, 2.24) is 20.7 Å². The van der Waals surface area contributed by atoms with Gasteiger partial charge in [0.1, 0.15) is 5.54 Å². The Bertz CT molecular complexity index is 840. The second-order valence-corrected chi connectivity index (χ2v) is 8.99. The zero-order valence-corrected chi connectivity index (χ0v) is 18.0. The van der Waals surface area contributed by atoms with Crippen molar-refractivity contribution in [2.24, 2.45) is 11.3 Å². The SMILES string of the molecule is CCC1(c2ccccc2)NC(=O)N(NC(=O)C2CCN(C(=O)C(C)(C)C)CC2)C1=O. The topological polar surface area (TPSA) is 98.8 Å². The number of nitrogens with one attached hydrogen (secondary N) is 2. The molecule has 2 aliphatic rings. The Morgan fingerprint density at radius 1 is 1.13 bits per heavy atom. The van der Waals surface area contributed by atoms with Gasteiger partial charge in [0.15, 0.2) is 0 Å². The number of nitrogens with zero attached hydrogens (tertiary/aromatic N) is 2. The second kappa shape index (κ2) is 8.08. The predicted octanol–water partition coefficient (Wildman–Crippen LogP) is 2.16. The number of hydrogen-bond donors (Lipinski definition) is 2. The maximum atomic E-state index is 13.1. The summed E-state index contributed by atoms with van der Waals surface area (Å²) in [5, 5.41) is 3.55. The van der Waals surface area contributed by atoms with Gasteiger partial charge in [0.05, 0.1) is 0 Å². The van der Waals surface area contributed by atoms with Gasteiger partial charge in [0.2, 0.25) is 11.8 Å². The van der Waals surface area contributed by atoms with Crippen molar-refractivity contribution >= 4 is 23.8 Å². The third-order valence-electron chi connectivity index (χ3n) is 5.91. The fourth-order valence-electron chi connectivity index (χ4n) is 4.06. The van der Waals surface area contributed by atoms with Crippen LogP contribution in [0.25, 0.3) is 0 Å². The van der Waals surface area contributed by atoms with E-state index in [1.807, 2.05) is 33.8 Å². The normalized spacial score (nSPS) is 22.8. The summed E-state index contributed by atoms with van der Waals surface area (Å²) in [6.45, 7) is 8.41. The number of benzene rings is 1. The van der Waals surface area contributed by atoms with E-state index in [-0.39, 0.29) is 17.7 Å². The van der Waals surface area contributed by atoms with Gasteiger partial charge in [-0.25, -0.2) is 4.79 Å². The van der Waals surface area contributed by atoms with Crippen molar-refractivity contribution < 1.29 is 19.2 Å². The van der Waals surface area contributed by atoms with Gasteiger partial charge >= 0.3 is 6.03 Å². The summed E-state index contributed by atoms with van der Waals surface area (Å²) >= 11 is 0. The van der Waals surface area contributed by atoms with Crippen molar-refractivity contribution in [3.05, 3.63) is 35.9 Å². The molecule has 1 unspecified atom stereocenters. The minimum atomic E-state index is -1.19. The number of carbonyl (C=O) groups is 4. The van der Waals surface area contributed by atoms with E-state index in [1.54, 1.807) is 29.2 Å². The first-order valence-electron chi connectivity index (χ1n) is 10.4. The number of urea groups is 1. The Labute approximate surface area is 176 Å². The molecule has 0 aromatic heterocycles. The van der Waals surface area contributed by atoms with Crippen molar-refractivity contribution in [2.45, 2.75) is 52.5 Å². The highest BCUT2D eigenvalue weighted by Gasteiger charge is 2.52. The summed E-state index contributed by atoms with van der Waals surface area (Å²) in [5.41, 5.74) is 1.54. The first-order valence-corrected chi connectivity index (χ1v) is 10.4. The van der Waals surface area contributed by atoms with Gasteiger partial charge in [-0.15, -0.1) is 0 Å². The Balaban J connectivity index is 1.66. The molecule has 0 spiro atoms. The van der Waals surface area contributed by atoms with E-state index in [1.165, 1.54) is 0 Å². The highest BCUT2D eigenvalue weighted by molar-refractivity contribution is 6.08. The maximum absolute atomic E-state index is 13.1. The molecule has 1 atom stereocenters. The van der Waals surface area contributed by atoms with Gasteiger partial charge in [-0.3, -0.25) is 19.8 Å². The van der Waals surface area contributed by atoms with E-state index in [0.717, 1.165) is 5.01 Å². The maximum Gasteiger partial charge on any atom is 0.344 e. The van der Waals surface area contributed by atoms with Crippen LogP contribution < -0.4 is 10.7 Å². The van der Waals surface area contributed by atoms with Crippen LogP contribution in [0.4, 0.5) is 4.79 Å². The molecule has 0 aliphatic carbocycles. The summed E-state index contributed by atoms with van der Waals surface area (Å²) < 4.78 is 0. The highest BCUT2D eigenvalue weighted by Crippen LogP contribution is 2.32. The zero-order valence-electron chi connectivity index (χ0n) is 18.0. The van der Waals surface area contributed by atoms with Gasteiger partial charge in [0.25, 0.3) is 5.91 Å². The molecule has 1 aromatic carbocycles. The zero-order chi connectivity index (χ0) is 22.1. The molecule has 2 N–H and O–H groups in total. The van der Waals surface area contributed by atoms with Crippen molar-refractivity contribution in [2.75, 3.05) is 13.1 Å². The van der Waals surface area contributed by atoms with Crippen LogP contribution in [0.1, 0.15) is 52.5 Å². The number of piperidine rings is 1. The van der Waals surface area contributed by atoms with Gasteiger partial charge in [-0.05, 0) is 24.8 Å². The molecule has 2 aliphatic heterocycles. The molecule has 0 radical (unpaired) electrons. The molecule has 2 heterocycles. The van der Waals surface area contributed by atoms with Crippen LogP contribution in [0.5, 0.6) is 0 Å². The molecule has 2 saturated heterocycles. The lowest BCUT2D eigenvalue weighted by Crippen LogP contribution is -2.52. The first kappa shape index (κ1) is 21.8. The van der Waals surface area contributed by atoms with Crippen molar-refractivity contribution in [3.63, 3.8) is 0 Å². The summed E-state index contributed by atoms with van der Waals surface area (Å²) in [6, 6.07) is 8.38. The van der Waals surface area contributed by atoms with Crippen molar-refractivity contribution in [1.29, 1.82) is 0 Å². The number of hydrazine groups is 1. The van der Waals surface area contributed by atoms with Crippen LogP contribution in [0.15, 0.2) is 30.3 Å². The number of likely N-dealkylation sites (tertiary alicyclic amines) is 1. The highest BCUT2D eigenvalue weighted by atomic mass is 16.2. The summed E-state index contributed by atoms with van der Waals surface area (Å²) in [6.07, 6.45) is 1.35. The molecule has 3 rings (SSSR count). The standard InChI is InChI=1S/C22H30N4O4/c1-5-22(16-9-7-6-8-10-16)19(29)26(20(30)23-22)24-17(27)15-11-13-25(14-12-15)18(28)21(2,3)4/h6-10,15H,5,11-14H2,1-4H3,(H,23,30)(H,24,27). The summed E-state index contributed by atoms with van der Waals surface area (Å²) in [4.78, 5) is 52.6. The second-order valence-electron chi connectivity index (χ2n) is 8.99. The molecule has 1 aromatic rings. The molecule has 8 heteroatoms. The van der Waals surface area contributed by atoms with E-state index >= 15 is 0 Å². The molecular weight excluding hydrogens is 384 g/mol. The van der Waals surface area contributed by atoms with E-state index in [2.05, 4.69) is 10.7 Å². The molecule has 8 nitrogen and oxygen atoms in total. The molecule has 0 bridgehead atoms. The average Bonchev–Trinajstić information content (AvgIpc) is 2.98. The smallest absolute Gasteiger partial charge is 0.342 e. The molecular formula is C22H30N4O4. The van der Waals surface area contributed by atoms with Crippen LogP contribution >= 0.6 is 0 Å². The van der Waals surface area contributed by atoms with Crippen LogP contribution in [-0.2, 0) is 19.9 Å². The molecule has 5 amide bonds. The van der Waals surface area contributed by atoms with Gasteiger partial charge in [0, 0.05) is 24.4 Å². The van der Waals surface area contributed by atoms with Gasteiger partial charge < -0.3 is 10.2 Å². The lowest BCUT2D eigenvalue weighted by Gasteiger charge is -2.35. The molecule has 2 fully saturated rings. The summed E-state index contributed by atoms with van der Waals surface area (Å²) in [7, 11) is 0. The Kier molecular flexibility index (Phi) is 5.87. The lowest BCUT2D eigenvalue weighted by molar-refractivity contribution is -0.144. The Hall–Kier alpha value is -2.90. The minimum Gasteiger partial charge on any atom is -0.342 e. The monoisotopic (exact) mass is 414 g/mol. The molecule has 30 heavy (non-hydrogen) atoms. The quantitative estimate of drug-likeness (QED) is 0.738. The minimum absolute atomic E-state index is 0.0612. The van der Waals surface area contributed by atoms with Gasteiger partial charge in [-0.1, -0.05) is 58.0 Å². The average molecular weight is 415 g/mol. The fraction of sp³-hybridized carbons (Fsp3) is 0.545. The fourth-order valence-corrected chi connectivity index (χ4v) is 4.06. The summed E-state index contributed by atoms with van der Waals surface area (Å²) in [5.74, 6) is -1.16. The van der Waals surface area contributed by atoms with Gasteiger partial charge in [-0.2, -0.15) is 5.01 Å². The van der Waals surface area contributed by atoms with Crippen LogP contribution in [0, 0.1) is 11.3 Å². The van der Waals surface area contributed by atoms with Crippen LogP contribution in [0.2, 0.25) is 0 Å². The van der Waals surface area contributed by atoms with E-state index < -0.39 is 22.9 Å².